The Hall–Kier alpha value is -0.580. The second kappa shape index (κ2) is 4.73. The highest BCUT2D eigenvalue weighted by atomic mass is 79.9. The molecule has 2 fully saturated rings. The Morgan fingerprint density at radius 1 is 1.38 bits per heavy atom. The first-order valence-electron chi connectivity index (χ1n) is 5.84. The van der Waals surface area contributed by atoms with Crippen molar-refractivity contribution in [1.82, 2.24) is 10.2 Å². The number of carbonyl (C=O) groups is 2. The minimum absolute atomic E-state index is 0.0217. The molecule has 16 heavy (non-hydrogen) atoms. The van der Waals surface area contributed by atoms with Gasteiger partial charge in [-0.3, -0.25) is 9.59 Å². The molecule has 2 unspecified atom stereocenters. The molecule has 90 valence electrons. The van der Waals surface area contributed by atoms with Gasteiger partial charge in [0.2, 0.25) is 11.8 Å². The Balaban J connectivity index is 1.96. The van der Waals surface area contributed by atoms with Crippen molar-refractivity contribution in [1.29, 1.82) is 0 Å². The van der Waals surface area contributed by atoms with Gasteiger partial charge in [0.15, 0.2) is 0 Å². The van der Waals surface area contributed by atoms with Crippen LogP contribution in [-0.2, 0) is 9.59 Å². The highest BCUT2D eigenvalue weighted by molar-refractivity contribution is 9.10. The van der Waals surface area contributed by atoms with Crippen LogP contribution in [-0.4, -0.2) is 40.2 Å². The summed E-state index contributed by atoms with van der Waals surface area (Å²) < 4.78 is 0. The van der Waals surface area contributed by atoms with Gasteiger partial charge in [0, 0.05) is 12.6 Å². The number of carbonyl (C=O) groups excluding carboxylic acids is 2. The minimum Gasteiger partial charge on any atom is -0.352 e. The van der Waals surface area contributed by atoms with E-state index in [1.165, 1.54) is 0 Å². The summed E-state index contributed by atoms with van der Waals surface area (Å²) in [6.07, 6.45) is 3.89. The maximum absolute atomic E-state index is 11.9. The number of alkyl halides is 1. The summed E-state index contributed by atoms with van der Waals surface area (Å²) in [4.78, 5) is 25.3. The Bertz CT molecular complexity index is 302. The first kappa shape index (κ1) is 11.9. The van der Waals surface area contributed by atoms with E-state index in [0.29, 0.717) is 12.6 Å². The molecular formula is C11H17BrN2O2. The van der Waals surface area contributed by atoms with E-state index < -0.39 is 0 Å². The van der Waals surface area contributed by atoms with Gasteiger partial charge in [-0.1, -0.05) is 15.9 Å². The van der Waals surface area contributed by atoms with E-state index in [4.69, 9.17) is 0 Å². The van der Waals surface area contributed by atoms with Crippen molar-refractivity contribution >= 4 is 27.7 Å². The summed E-state index contributed by atoms with van der Waals surface area (Å²) in [5, 5.41) is 2.97. The molecule has 5 heteroatoms. The zero-order valence-electron chi connectivity index (χ0n) is 9.41. The van der Waals surface area contributed by atoms with Gasteiger partial charge in [0.25, 0.3) is 0 Å². The molecule has 1 aliphatic carbocycles. The van der Waals surface area contributed by atoms with E-state index in [9.17, 15) is 9.59 Å². The Labute approximate surface area is 104 Å². The lowest BCUT2D eigenvalue weighted by Crippen LogP contribution is -2.48. The predicted octanol–water partition coefficient (Wildman–Crippen LogP) is 1.04. The molecule has 0 aromatic heterocycles. The Kier molecular flexibility index (Phi) is 3.52. The molecule has 4 nitrogen and oxygen atoms in total. The third-order valence-electron chi connectivity index (χ3n) is 3.10. The highest BCUT2D eigenvalue weighted by Crippen LogP contribution is 2.23. The number of amides is 2. The molecule has 1 heterocycles. The quantitative estimate of drug-likeness (QED) is 0.789. The average Bonchev–Trinajstić information content (AvgIpc) is 2.91. The van der Waals surface area contributed by atoms with Gasteiger partial charge >= 0.3 is 0 Å². The number of nitrogens with one attached hydrogen (secondary N) is 1. The maximum atomic E-state index is 11.9. The maximum Gasteiger partial charge on any atom is 0.243 e. The number of hydrogen-bond acceptors (Lipinski definition) is 2. The van der Waals surface area contributed by atoms with Crippen molar-refractivity contribution in [2.24, 2.45) is 0 Å². The third-order valence-corrected chi connectivity index (χ3v) is 3.49. The van der Waals surface area contributed by atoms with E-state index in [-0.39, 0.29) is 22.7 Å². The molecule has 1 saturated carbocycles. The van der Waals surface area contributed by atoms with Gasteiger partial charge < -0.3 is 10.2 Å². The van der Waals surface area contributed by atoms with Crippen molar-refractivity contribution in [2.45, 2.75) is 49.5 Å². The lowest BCUT2D eigenvalue weighted by molar-refractivity contribution is -0.137. The van der Waals surface area contributed by atoms with Gasteiger partial charge in [0.05, 0.1) is 4.83 Å². The van der Waals surface area contributed by atoms with E-state index in [1.807, 2.05) is 0 Å². The fourth-order valence-corrected chi connectivity index (χ4v) is 2.32. The molecule has 0 bridgehead atoms. The van der Waals surface area contributed by atoms with E-state index in [2.05, 4.69) is 21.2 Å². The monoisotopic (exact) mass is 288 g/mol. The summed E-state index contributed by atoms with van der Waals surface area (Å²) >= 11 is 3.27. The third kappa shape index (κ3) is 2.56. The van der Waals surface area contributed by atoms with E-state index >= 15 is 0 Å². The summed E-state index contributed by atoms with van der Waals surface area (Å²) in [5.41, 5.74) is 0. The smallest absolute Gasteiger partial charge is 0.243 e. The van der Waals surface area contributed by atoms with Crippen molar-refractivity contribution in [3.05, 3.63) is 0 Å². The summed E-state index contributed by atoms with van der Waals surface area (Å²) in [7, 11) is 0. The SMILES string of the molecule is CC(Br)C(=O)N1CCCC1C(=O)NC1CC1. The van der Waals surface area contributed by atoms with Gasteiger partial charge in [0.1, 0.15) is 6.04 Å². The number of rotatable bonds is 3. The Morgan fingerprint density at radius 2 is 2.06 bits per heavy atom. The van der Waals surface area contributed by atoms with Crippen LogP contribution in [0.4, 0.5) is 0 Å². The number of nitrogens with zero attached hydrogens (tertiary/aromatic N) is 1. The first-order valence-corrected chi connectivity index (χ1v) is 6.76. The lowest BCUT2D eigenvalue weighted by Gasteiger charge is -2.25. The minimum atomic E-state index is -0.242. The molecule has 1 saturated heterocycles. The van der Waals surface area contributed by atoms with Crippen molar-refractivity contribution < 1.29 is 9.59 Å². The summed E-state index contributed by atoms with van der Waals surface area (Å²) in [6, 6.07) is 0.125. The zero-order chi connectivity index (χ0) is 11.7. The molecule has 2 rings (SSSR count). The molecule has 0 aromatic carbocycles. The lowest BCUT2D eigenvalue weighted by atomic mass is 10.2. The molecular weight excluding hydrogens is 272 g/mol. The topological polar surface area (TPSA) is 49.4 Å². The van der Waals surface area contributed by atoms with Crippen LogP contribution in [0.15, 0.2) is 0 Å². The van der Waals surface area contributed by atoms with Crippen LogP contribution >= 0.6 is 15.9 Å². The van der Waals surface area contributed by atoms with Crippen molar-refractivity contribution in [2.75, 3.05) is 6.54 Å². The average molecular weight is 289 g/mol. The number of hydrogen-bond donors (Lipinski definition) is 1. The van der Waals surface area contributed by atoms with Gasteiger partial charge in [-0.25, -0.2) is 0 Å². The molecule has 0 aromatic rings. The standard InChI is InChI=1S/C11H17BrN2O2/c1-7(12)11(16)14-6-2-3-9(14)10(15)13-8-4-5-8/h7-9H,2-6H2,1H3,(H,13,15). The van der Waals surface area contributed by atoms with Gasteiger partial charge in [-0.15, -0.1) is 0 Å². The molecule has 1 N–H and O–H groups in total. The van der Waals surface area contributed by atoms with Gasteiger partial charge in [-0.05, 0) is 32.6 Å². The van der Waals surface area contributed by atoms with Gasteiger partial charge in [-0.2, -0.15) is 0 Å². The molecule has 2 aliphatic rings. The fraction of sp³-hybridized carbons (Fsp3) is 0.818. The first-order chi connectivity index (χ1) is 7.59. The molecule has 2 amide bonds. The van der Waals surface area contributed by atoms with Crippen LogP contribution in [0.2, 0.25) is 0 Å². The molecule has 2 atom stereocenters. The summed E-state index contributed by atoms with van der Waals surface area (Å²) in [6.45, 7) is 2.51. The number of halogens is 1. The fourth-order valence-electron chi connectivity index (χ4n) is 2.06. The van der Waals surface area contributed by atoms with Crippen LogP contribution in [0.3, 0.4) is 0 Å². The van der Waals surface area contributed by atoms with Crippen LogP contribution < -0.4 is 5.32 Å². The van der Waals surface area contributed by atoms with Crippen molar-refractivity contribution in [3.63, 3.8) is 0 Å². The largest absolute Gasteiger partial charge is 0.352 e. The van der Waals surface area contributed by atoms with E-state index in [1.54, 1.807) is 11.8 Å². The van der Waals surface area contributed by atoms with Crippen LogP contribution in [0.1, 0.15) is 32.6 Å². The second-order valence-electron chi connectivity index (χ2n) is 4.59. The Morgan fingerprint density at radius 3 is 2.62 bits per heavy atom. The molecule has 1 aliphatic heterocycles. The highest BCUT2D eigenvalue weighted by Gasteiger charge is 2.37. The summed E-state index contributed by atoms with van der Waals surface area (Å²) in [5.74, 6) is 0.0509. The predicted molar refractivity (Wildman–Crippen MR) is 64.3 cm³/mol. The molecule has 0 spiro atoms. The number of likely N-dealkylation sites (tertiary alicyclic amines) is 1. The van der Waals surface area contributed by atoms with Crippen LogP contribution in [0.25, 0.3) is 0 Å². The van der Waals surface area contributed by atoms with E-state index in [0.717, 1.165) is 25.7 Å². The normalized spacial score (nSPS) is 26.6. The molecule has 0 radical (unpaired) electrons. The van der Waals surface area contributed by atoms with Crippen LogP contribution in [0.5, 0.6) is 0 Å². The van der Waals surface area contributed by atoms with Crippen LogP contribution in [0, 0.1) is 0 Å². The zero-order valence-corrected chi connectivity index (χ0v) is 11.0. The van der Waals surface area contributed by atoms with Crippen molar-refractivity contribution in [3.8, 4) is 0 Å². The second-order valence-corrected chi connectivity index (χ2v) is 5.96.